The van der Waals surface area contributed by atoms with Crippen molar-refractivity contribution >= 4 is 22.6 Å². The van der Waals surface area contributed by atoms with E-state index in [1.165, 1.54) is 10.4 Å². The van der Waals surface area contributed by atoms with Crippen molar-refractivity contribution in [3.63, 3.8) is 0 Å². The van der Waals surface area contributed by atoms with Gasteiger partial charge in [-0.25, -0.2) is 4.99 Å². The summed E-state index contributed by atoms with van der Waals surface area (Å²) in [6, 6.07) is 19.7. The number of benzene rings is 2. The van der Waals surface area contributed by atoms with Crippen molar-refractivity contribution in [2.75, 3.05) is 0 Å². The van der Waals surface area contributed by atoms with Crippen molar-refractivity contribution < 1.29 is 4.74 Å². The molecule has 1 aliphatic rings. The highest BCUT2D eigenvalue weighted by molar-refractivity contribution is 7.16. The maximum atomic E-state index is 9.83. The molecule has 166 valence electrons. The molecule has 0 bridgehead atoms. The monoisotopic (exact) mass is 453 g/mol. The Hall–Kier alpha value is -3.41. The van der Waals surface area contributed by atoms with Gasteiger partial charge in [0, 0.05) is 22.2 Å². The van der Waals surface area contributed by atoms with E-state index in [4.69, 9.17) is 9.73 Å². The fourth-order valence-electron chi connectivity index (χ4n) is 4.27. The number of rotatable bonds is 5. The van der Waals surface area contributed by atoms with Crippen LogP contribution in [0.15, 0.2) is 53.5 Å². The van der Waals surface area contributed by atoms with Gasteiger partial charge in [-0.2, -0.15) is 10.5 Å². The Bertz CT molecular complexity index is 1270. The number of para-hydroxylation sites is 1. The van der Waals surface area contributed by atoms with Gasteiger partial charge in [0.15, 0.2) is 0 Å². The van der Waals surface area contributed by atoms with Gasteiger partial charge in [0.1, 0.15) is 23.4 Å². The summed E-state index contributed by atoms with van der Waals surface area (Å²) in [5.74, 6) is 1.32. The second kappa shape index (κ2) is 9.61. The van der Waals surface area contributed by atoms with Gasteiger partial charge in [0.2, 0.25) is 0 Å². The van der Waals surface area contributed by atoms with Crippen molar-refractivity contribution in [2.24, 2.45) is 16.3 Å². The Morgan fingerprint density at radius 3 is 2.61 bits per heavy atom. The lowest BCUT2D eigenvalue weighted by atomic mass is 9.72. The van der Waals surface area contributed by atoms with Gasteiger partial charge in [-0.05, 0) is 54.4 Å². The summed E-state index contributed by atoms with van der Waals surface area (Å²) in [5.41, 5.74) is 4.47. The third kappa shape index (κ3) is 5.00. The standard InChI is InChI=1S/C28H27N3OS/c1-28(2,3)22-12-13-23-24(16-30)27(33-26(23)14-22)31-17-20-9-6-7-11-25(20)32-18-21-10-5-4-8-19(21)15-29/h4-11,17,22H,12-14,18H2,1-3H3/t22-/m0/s1. The first-order valence-corrected chi connectivity index (χ1v) is 12.0. The van der Waals surface area contributed by atoms with E-state index in [2.05, 4.69) is 32.9 Å². The third-order valence-electron chi connectivity index (χ3n) is 6.34. The molecule has 1 atom stereocenters. The first kappa shape index (κ1) is 22.8. The van der Waals surface area contributed by atoms with Crippen LogP contribution in [0.5, 0.6) is 5.75 Å². The van der Waals surface area contributed by atoms with E-state index in [1.807, 2.05) is 42.5 Å². The second-order valence-corrected chi connectivity index (χ2v) is 10.5. The molecule has 0 saturated carbocycles. The van der Waals surface area contributed by atoms with Crippen LogP contribution < -0.4 is 4.74 Å². The molecule has 0 fully saturated rings. The third-order valence-corrected chi connectivity index (χ3v) is 7.51. The minimum absolute atomic E-state index is 0.262. The molecule has 1 aromatic heterocycles. The predicted molar refractivity (Wildman–Crippen MR) is 133 cm³/mol. The van der Waals surface area contributed by atoms with E-state index in [0.717, 1.165) is 41.0 Å². The molecular formula is C28H27N3OS. The molecule has 3 aromatic rings. The zero-order valence-electron chi connectivity index (χ0n) is 19.3. The molecular weight excluding hydrogens is 426 g/mol. The van der Waals surface area contributed by atoms with E-state index in [0.29, 0.717) is 23.8 Å². The summed E-state index contributed by atoms with van der Waals surface area (Å²) >= 11 is 1.65. The Balaban J connectivity index is 1.57. The van der Waals surface area contributed by atoms with Gasteiger partial charge in [0.05, 0.1) is 17.2 Å². The number of hydrogen-bond donors (Lipinski definition) is 0. The van der Waals surface area contributed by atoms with Gasteiger partial charge in [-0.3, -0.25) is 0 Å². The molecule has 0 spiro atoms. The lowest BCUT2D eigenvalue weighted by Crippen LogP contribution is -2.26. The molecule has 1 aliphatic carbocycles. The Labute approximate surface area is 199 Å². The zero-order valence-corrected chi connectivity index (χ0v) is 20.1. The number of nitriles is 2. The summed E-state index contributed by atoms with van der Waals surface area (Å²) in [6.45, 7) is 7.20. The average Bonchev–Trinajstić information content (AvgIpc) is 3.18. The first-order chi connectivity index (χ1) is 15.9. The zero-order chi connectivity index (χ0) is 23.4. The van der Waals surface area contributed by atoms with Crippen LogP contribution in [-0.4, -0.2) is 6.21 Å². The van der Waals surface area contributed by atoms with Crippen molar-refractivity contribution in [1.82, 2.24) is 0 Å². The second-order valence-electron chi connectivity index (χ2n) is 9.46. The smallest absolute Gasteiger partial charge is 0.134 e. The van der Waals surface area contributed by atoms with E-state index < -0.39 is 0 Å². The number of thiophene rings is 1. The number of aliphatic imine (C=N–C) groups is 1. The lowest BCUT2D eigenvalue weighted by molar-refractivity contribution is 0.218. The molecule has 0 unspecified atom stereocenters. The first-order valence-electron chi connectivity index (χ1n) is 11.2. The molecule has 4 nitrogen and oxygen atoms in total. The van der Waals surface area contributed by atoms with Crippen LogP contribution in [0, 0.1) is 34.0 Å². The van der Waals surface area contributed by atoms with Gasteiger partial charge >= 0.3 is 0 Å². The van der Waals surface area contributed by atoms with Gasteiger partial charge in [-0.15, -0.1) is 11.3 Å². The molecule has 0 N–H and O–H groups in total. The quantitative estimate of drug-likeness (QED) is 0.392. The van der Waals surface area contributed by atoms with Gasteiger partial charge in [-0.1, -0.05) is 51.1 Å². The van der Waals surface area contributed by atoms with E-state index in [-0.39, 0.29) is 5.41 Å². The molecule has 5 heteroatoms. The number of nitrogens with zero attached hydrogens (tertiary/aromatic N) is 3. The van der Waals surface area contributed by atoms with E-state index in [1.54, 1.807) is 23.6 Å². The molecule has 0 radical (unpaired) electrons. The molecule has 1 heterocycles. The van der Waals surface area contributed by atoms with E-state index in [9.17, 15) is 10.5 Å². The fourth-order valence-corrected chi connectivity index (χ4v) is 5.50. The molecule has 0 aliphatic heterocycles. The Morgan fingerprint density at radius 1 is 1.09 bits per heavy atom. The predicted octanol–water partition coefficient (Wildman–Crippen LogP) is 6.97. The Morgan fingerprint density at radius 2 is 1.85 bits per heavy atom. The van der Waals surface area contributed by atoms with Crippen molar-refractivity contribution in [3.8, 4) is 17.9 Å². The molecule has 0 saturated heterocycles. The van der Waals surface area contributed by atoms with Crippen LogP contribution in [0.4, 0.5) is 5.00 Å². The topological polar surface area (TPSA) is 69.2 Å². The fraction of sp³-hybridized carbons (Fsp3) is 0.321. The maximum absolute atomic E-state index is 9.83. The highest BCUT2D eigenvalue weighted by Gasteiger charge is 2.32. The summed E-state index contributed by atoms with van der Waals surface area (Å²) < 4.78 is 6.04. The van der Waals surface area contributed by atoms with Crippen LogP contribution in [0.3, 0.4) is 0 Å². The van der Waals surface area contributed by atoms with Crippen molar-refractivity contribution in [3.05, 3.63) is 81.2 Å². The molecule has 2 aromatic carbocycles. The number of fused-ring (bicyclic) bond motifs is 1. The summed E-state index contributed by atoms with van der Waals surface area (Å²) in [5, 5.41) is 19.9. The van der Waals surface area contributed by atoms with Gasteiger partial charge in [0.25, 0.3) is 0 Å². The van der Waals surface area contributed by atoms with Gasteiger partial charge < -0.3 is 4.74 Å². The maximum Gasteiger partial charge on any atom is 0.134 e. The lowest BCUT2D eigenvalue weighted by Gasteiger charge is -2.33. The minimum atomic E-state index is 0.262. The molecule has 33 heavy (non-hydrogen) atoms. The average molecular weight is 454 g/mol. The highest BCUT2D eigenvalue weighted by atomic mass is 32.1. The van der Waals surface area contributed by atoms with Crippen LogP contribution >= 0.6 is 11.3 Å². The van der Waals surface area contributed by atoms with Crippen LogP contribution in [-0.2, 0) is 19.4 Å². The Kier molecular flexibility index (Phi) is 6.63. The SMILES string of the molecule is CC(C)(C)[C@H]1CCc2c(sc(N=Cc3ccccc3OCc3ccccc3C#N)c2C#N)C1. The minimum Gasteiger partial charge on any atom is -0.488 e. The number of hydrogen-bond acceptors (Lipinski definition) is 5. The van der Waals surface area contributed by atoms with Crippen LogP contribution in [0.25, 0.3) is 0 Å². The van der Waals surface area contributed by atoms with Crippen LogP contribution in [0.2, 0.25) is 0 Å². The molecule has 4 rings (SSSR count). The molecule has 0 amide bonds. The highest BCUT2D eigenvalue weighted by Crippen LogP contribution is 2.44. The van der Waals surface area contributed by atoms with Crippen LogP contribution in [0.1, 0.15) is 59.9 Å². The normalized spacial score (nSPS) is 15.6. The van der Waals surface area contributed by atoms with Crippen molar-refractivity contribution in [1.29, 1.82) is 10.5 Å². The van der Waals surface area contributed by atoms with E-state index >= 15 is 0 Å². The number of ether oxygens (including phenoxy) is 1. The largest absolute Gasteiger partial charge is 0.488 e. The summed E-state index contributed by atoms with van der Waals surface area (Å²) in [6.07, 6.45) is 4.87. The van der Waals surface area contributed by atoms with Crippen molar-refractivity contribution in [2.45, 2.75) is 46.6 Å². The summed E-state index contributed by atoms with van der Waals surface area (Å²) in [4.78, 5) is 6.04. The summed E-state index contributed by atoms with van der Waals surface area (Å²) in [7, 11) is 0.